The second-order valence-corrected chi connectivity index (χ2v) is 8.36. The highest BCUT2D eigenvalue weighted by atomic mass is 19.1. The number of halogens is 1. The molecule has 5 nitrogen and oxygen atoms in total. The van der Waals surface area contributed by atoms with E-state index in [1.54, 1.807) is 12.1 Å². The number of carbonyl (C=O) groups excluding carboxylic acids is 2. The maximum absolute atomic E-state index is 14.0. The predicted octanol–water partition coefficient (Wildman–Crippen LogP) is 3.12. The molecule has 6 heteroatoms. The molecule has 1 saturated heterocycles. The number of anilines is 1. The molecule has 0 spiro atoms. The van der Waals surface area contributed by atoms with Crippen LogP contribution in [0.5, 0.6) is 0 Å². The summed E-state index contributed by atoms with van der Waals surface area (Å²) in [5.41, 5.74) is 2.05. The number of allylic oxidation sites excluding steroid dienone is 1. The fraction of sp³-hybridized carbons (Fsp3) is 0.565. The van der Waals surface area contributed by atoms with E-state index < -0.39 is 0 Å². The zero-order chi connectivity index (χ0) is 20.2. The number of nitrogens with one attached hydrogen (secondary N) is 1. The molecule has 1 aliphatic heterocycles. The van der Waals surface area contributed by atoms with E-state index in [-0.39, 0.29) is 29.5 Å². The van der Waals surface area contributed by atoms with Gasteiger partial charge < -0.3 is 15.1 Å². The Morgan fingerprint density at radius 2 is 1.86 bits per heavy atom. The second-order valence-electron chi connectivity index (χ2n) is 8.36. The van der Waals surface area contributed by atoms with Crippen LogP contribution in [0.4, 0.5) is 10.1 Å². The van der Waals surface area contributed by atoms with E-state index in [0.717, 1.165) is 19.3 Å². The molecule has 2 unspecified atom stereocenters. The van der Waals surface area contributed by atoms with Gasteiger partial charge >= 0.3 is 0 Å². The van der Waals surface area contributed by atoms with Gasteiger partial charge in [0.25, 0.3) is 0 Å². The van der Waals surface area contributed by atoms with Gasteiger partial charge in [-0.05, 0) is 50.7 Å². The van der Waals surface area contributed by atoms with Crippen molar-refractivity contribution >= 4 is 17.5 Å². The van der Waals surface area contributed by atoms with Gasteiger partial charge in [0.2, 0.25) is 11.8 Å². The van der Waals surface area contributed by atoms with Crippen molar-refractivity contribution in [2.24, 2.45) is 11.8 Å². The quantitative estimate of drug-likeness (QED) is 0.748. The lowest BCUT2D eigenvalue weighted by Gasteiger charge is -2.36. The molecule has 2 fully saturated rings. The summed E-state index contributed by atoms with van der Waals surface area (Å²) < 4.78 is 14.0. The Balaban J connectivity index is 1.20. The maximum atomic E-state index is 14.0. The number of hydrogen-bond donors (Lipinski definition) is 1. The summed E-state index contributed by atoms with van der Waals surface area (Å²) in [5, 5.41) is 3.01. The van der Waals surface area contributed by atoms with Crippen LogP contribution in [0.15, 0.2) is 35.9 Å². The van der Waals surface area contributed by atoms with Crippen molar-refractivity contribution in [3.63, 3.8) is 0 Å². The van der Waals surface area contributed by atoms with Crippen molar-refractivity contribution in [3.8, 4) is 0 Å². The van der Waals surface area contributed by atoms with Gasteiger partial charge in [0.15, 0.2) is 0 Å². The Morgan fingerprint density at radius 3 is 2.59 bits per heavy atom. The summed E-state index contributed by atoms with van der Waals surface area (Å²) in [6.07, 6.45) is 8.72. The second kappa shape index (κ2) is 8.97. The van der Waals surface area contributed by atoms with Crippen LogP contribution in [0, 0.1) is 17.7 Å². The van der Waals surface area contributed by atoms with Gasteiger partial charge in [-0.3, -0.25) is 9.59 Å². The predicted molar refractivity (Wildman–Crippen MR) is 111 cm³/mol. The Hall–Kier alpha value is -2.37. The SMILES string of the molecule is O=C(NCCC1=CCCCC1)C1CC1C(=O)N1CCN(c2ccccc2F)CC1. The number of piperazine rings is 1. The highest BCUT2D eigenvalue weighted by Gasteiger charge is 2.49. The van der Waals surface area contributed by atoms with E-state index in [9.17, 15) is 14.0 Å². The summed E-state index contributed by atoms with van der Waals surface area (Å²) in [6, 6.07) is 6.75. The summed E-state index contributed by atoms with van der Waals surface area (Å²) in [6.45, 7) is 3.05. The molecule has 1 aromatic carbocycles. The first-order valence-electron chi connectivity index (χ1n) is 10.9. The summed E-state index contributed by atoms with van der Waals surface area (Å²) in [7, 11) is 0. The van der Waals surface area contributed by atoms with Crippen LogP contribution in [-0.2, 0) is 9.59 Å². The average molecular weight is 400 g/mol. The molecule has 4 rings (SSSR count). The first-order chi connectivity index (χ1) is 14.1. The fourth-order valence-corrected chi connectivity index (χ4v) is 4.48. The molecule has 0 bridgehead atoms. The normalized spacial score (nSPS) is 24.1. The number of para-hydroxylation sites is 1. The number of amides is 2. The average Bonchev–Trinajstić information content (AvgIpc) is 3.56. The molecule has 0 radical (unpaired) electrons. The molecule has 1 saturated carbocycles. The molecular weight excluding hydrogens is 369 g/mol. The minimum atomic E-state index is -0.227. The molecule has 2 amide bonds. The van der Waals surface area contributed by atoms with E-state index in [0.29, 0.717) is 44.8 Å². The van der Waals surface area contributed by atoms with Gasteiger partial charge in [0, 0.05) is 32.7 Å². The number of benzene rings is 1. The zero-order valence-electron chi connectivity index (χ0n) is 16.9. The van der Waals surface area contributed by atoms with Gasteiger partial charge in [-0.15, -0.1) is 0 Å². The molecular formula is C23H30FN3O2. The highest BCUT2D eigenvalue weighted by molar-refractivity contribution is 5.92. The standard InChI is InChI=1S/C23H30FN3O2/c24-20-8-4-5-9-21(20)26-12-14-27(15-13-26)23(29)19-16-18(19)22(28)25-11-10-17-6-2-1-3-7-17/h4-6,8-9,18-19H,1-3,7,10-16H2,(H,25,28). The molecule has 1 aromatic rings. The lowest BCUT2D eigenvalue weighted by Crippen LogP contribution is -2.49. The number of nitrogens with zero attached hydrogens (tertiary/aromatic N) is 2. The molecule has 1 N–H and O–H groups in total. The molecule has 3 aliphatic rings. The fourth-order valence-electron chi connectivity index (χ4n) is 4.48. The topological polar surface area (TPSA) is 52.7 Å². The Morgan fingerprint density at radius 1 is 1.07 bits per heavy atom. The Labute approximate surface area is 171 Å². The Kier molecular flexibility index (Phi) is 6.16. The van der Waals surface area contributed by atoms with Crippen molar-refractivity contribution in [2.75, 3.05) is 37.6 Å². The summed E-state index contributed by atoms with van der Waals surface area (Å²) in [5.74, 6) is -0.482. The zero-order valence-corrected chi connectivity index (χ0v) is 16.9. The van der Waals surface area contributed by atoms with E-state index in [4.69, 9.17) is 0 Å². The molecule has 1 heterocycles. The van der Waals surface area contributed by atoms with Gasteiger partial charge in [-0.2, -0.15) is 0 Å². The van der Waals surface area contributed by atoms with Gasteiger partial charge in [0.1, 0.15) is 5.82 Å². The van der Waals surface area contributed by atoms with E-state index >= 15 is 0 Å². The van der Waals surface area contributed by atoms with Crippen molar-refractivity contribution in [2.45, 2.75) is 38.5 Å². The van der Waals surface area contributed by atoms with Crippen molar-refractivity contribution in [1.29, 1.82) is 0 Å². The smallest absolute Gasteiger partial charge is 0.226 e. The lowest BCUT2D eigenvalue weighted by atomic mass is 9.97. The van der Waals surface area contributed by atoms with Crippen molar-refractivity contribution < 1.29 is 14.0 Å². The number of carbonyl (C=O) groups is 2. The minimum Gasteiger partial charge on any atom is -0.366 e. The minimum absolute atomic E-state index is 0.0183. The Bertz CT molecular complexity index is 786. The van der Waals surface area contributed by atoms with Crippen LogP contribution in [0.25, 0.3) is 0 Å². The first-order valence-corrected chi connectivity index (χ1v) is 10.9. The van der Waals surface area contributed by atoms with Gasteiger partial charge in [0.05, 0.1) is 17.5 Å². The van der Waals surface area contributed by atoms with E-state index in [1.165, 1.54) is 24.5 Å². The van der Waals surface area contributed by atoms with Crippen LogP contribution in [0.1, 0.15) is 38.5 Å². The molecule has 2 aliphatic carbocycles. The third-order valence-corrected chi connectivity index (χ3v) is 6.36. The van der Waals surface area contributed by atoms with E-state index in [2.05, 4.69) is 11.4 Å². The largest absolute Gasteiger partial charge is 0.366 e. The molecule has 156 valence electrons. The lowest BCUT2D eigenvalue weighted by molar-refractivity contribution is -0.135. The third kappa shape index (κ3) is 4.80. The van der Waals surface area contributed by atoms with Crippen LogP contribution in [0.3, 0.4) is 0 Å². The summed E-state index contributed by atoms with van der Waals surface area (Å²) >= 11 is 0. The number of rotatable bonds is 6. The molecule has 29 heavy (non-hydrogen) atoms. The molecule has 2 atom stereocenters. The third-order valence-electron chi connectivity index (χ3n) is 6.36. The summed E-state index contributed by atoms with van der Waals surface area (Å²) in [4.78, 5) is 28.9. The van der Waals surface area contributed by atoms with Crippen LogP contribution in [-0.4, -0.2) is 49.4 Å². The maximum Gasteiger partial charge on any atom is 0.226 e. The van der Waals surface area contributed by atoms with E-state index in [1.807, 2.05) is 15.9 Å². The van der Waals surface area contributed by atoms with Crippen LogP contribution >= 0.6 is 0 Å². The van der Waals surface area contributed by atoms with Crippen molar-refractivity contribution in [3.05, 3.63) is 41.7 Å². The van der Waals surface area contributed by atoms with Crippen LogP contribution < -0.4 is 10.2 Å². The van der Waals surface area contributed by atoms with Crippen molar-refractivity contribution in [1.82, 2.24) is 10.2 Å². The monoisotopic (exact) mass is 399 g/mol. The van der Waals surface area contributed by atoms with Crippen LogP contribution in [0.2, 0.25) is 0 Å². The first kappa shape index (κ1) is 19.9. The molecule has 0 aromatic heterocycles. The van der Waals surface area contributed by atoms with Gasteiger partial charge in [-0.25, -0.2) is 4.39 Å². The van der Waals surface area contributed by atoms with Gasteiger partial charge in [-0.1, -0.05) is 23.8 Å². The number of hydrogen-bond acceptors (Lipinski definition) is 3. The highest BCUT2D eigenvalue weighted by Crippen LogP contribution is 2.40.